The zero-order valence-corrected chi connectivity index (χ0v) is 14.8. The highest BCUT2D eigenvalue weighted by Crippen LogP contribution is 2.40. The molecule has 0 saturated carbocycles. The summed E-state index contributed by atoms with van der Waals surface area (Å²) < 4.78 is 27.3. The van der Waals surface area contributed by atoms with Gasteiger partial charge in [-0.1, -0.05) is 11.6 Å². The largest absolute Gasteiger partial charge is 0.387 e. The van der Waals surface area contributed by atoms with Crippen LogP contribution in [0.5, 0.6) is 0 Å². The quantitative estimate of drug-likeness (QED) is 0.366. The number of aliphatic hydroxyl groups is 1. The molecule has 1 aromatic rings. The number of benzene rings is 1. The van der Waals surface area contributed by atoms with Crippen molar-refractivity contribution in [2.24, 2.45) is 5.92 Å². The number of allylic oxidation sites excluding steroid dienone is 2. The molecule has 138 valence electrons. The van der Waals surface area contributed by atoms with Crippen molar-refractivity contribution in [3.05, 3.63) is 57.7 Å². The van der Waals surface area contributed by atoms with Crippen LogP contribution in [0.1, 0.15) is 13.3 Å². The van der Waals surface area contributed by atoms with Gasteiger partial charge in [0.25, 0.3) is 5.69 Å². The van der Waals surface area contributed by atoms with Crippen LogP contribution in [0, 0.1) is 16.0 Å². The second kappa shape index (κ2) is 6.75. The monoisotopic (exact) mass is 378 g/mol. The molecule has 1 aliphatic heterocycles. The first-order valence-corrected chi connectivity index (χ1v) is 9.50. The number of hydrogen-bond acceptors (Lipinski definition) is 6. The van der Waals surface area contributed by atoms with Crippen LogP contribution in [-0.4, -0.2) is 47.7 Å². The lowest BCUT2D eigenvalue weighted by Gasteiger charge is -2.44. The van der Waals surface area contributed by atoms with Crippen molar-refractivity contribution >= 4 is 22.0 Å². The van der Waals surface area contributed by atoms with Gasteiger partial charge in [-0.3, -0.25) is 14.9 Å². The summed E-state index contributed by atoms with van der Waals surface area (Å²) in [5.41, 5.74) is 1.05. The van der Waals surface area contributed by atoms with Gasteiger partial charge in [0, 0.05) is 24.6 Å². The SMILES string of the molecule is C/C=C1/CN(S(=O)(=O)c2ccc([N+](=O)[O-])cc2)[C@H]2C[C@@H]1C(C=O)=C[C@@H]2O. The van der Waals surface area contributed by atoms with Gasteiger partial charge in [-0.05, 0) is 37.1 Å². The lowest BCUT2D eigenvalue weighted by Crippen LogP contribution is -2.54. The minimum Gasteiger partial charge on any atom is -0.387 e. The Hall–Kier alpha value is -2.36. The van der Waals surface area contributed by atoms with Gasteiger partial charge in [0.05, 0.1) is 22.0 Å². The molecule has 9 heteroatoms. The number of hydrogen-bond donors (Lipinski definition) is 1. The summed E-state index contributed by atoms with van der Waals surface area (Å²) >= 11 is 0. The molecule has 2 bridgehead atoms. The van der Waals surface area contributed by atoms with Gasteiger partial charge >= 0.3 is 0 Å². The van der Waals surface area contributed by atoms with E-state index in [9.17, 15) is 28.4 Å². The number of sulfonamides is 1. The summed E-state index contributed by atoms with van der Waals surface area (Å²) in [7, 11) is -3.96. The van der Waals surface area contributed by atoms with Gasteiger partial charge < -0.3 is 5.11 Å². The molecule has 3 atom stereocenters. The molecule has 1 aliphatic carbocycles. The third-order valence-electron chi connectivity index (χ3n) is 4.95. The van der Waals surface area contributed by atoms with Gasteiger partial charge in [-0.15, -0.1) is 0 Å². The first-order valence-electron chi connectivity index (χ1n) is 8.06. The molecule has 1 saturated heterocycles. The Balaban J connectivity index is 2.01. The van der Waals surface area contributed by atoms with Crippen LogP contribution in [0.4, 0.5) is 5.69 Å². The molecule has 0 radical (unpaired) electrons. The molecule has 0 aromatic heterocycles. The van der Waals surface area contributed by atoms with Crippen molar-refractivity contribution in [3.8, 4) is 0 Å². The van der Waals surface area contributed by atoms with E-state index in [-0.39, 0.29) is 23.0 Å². The minimum atomic E-state index is -3.96. The second-order valence-electron chi connectivity index (χ2n) is 6.30. The number of rotatable bonds is 4. The van der Waals surface area contributed by atoms with Crippen molar-refractivity contribution in [2.45, 2.75) is 30.4 Å². The average molecular weight is 378 g/mol. The van der Waals surface area contributed by atoms with E-state index in [1.807, 2.05) is 0 Å². The number of nitro groups is 1. The van der Waals surface area contributed by atoms with E-state index in [4.69, 9.17) is 0 Å². The topological polar surface area (TPSA) is 118 Å². The highest BCUT2D eigenvalue weighted by atomic mass is 32.2. The molecule has 3 rings (SSSR count). The third kappa shape index (κ3) is 2.98. The first kappa shape index (κ1) is 18.4. The van der Waals surface area contributed by atoms with Crippen LogP contribution in [0.3, 0.4) is 0 Å². The Labute approximate surface area is 150 Å². The average Bonchev–Trinajstić information content (AvgIpc) is 2.64. The van der Waals surface area contributed by atoms with Gasteiger partial charge in [0.2, 0.25) is 10.0 Å². The van der Waals surface area contributed by atoms with E-state index in [0.717, 1.165) is 17.7 Å². The number of nitro benzene ring substituents is 1. The van der Waals surface area contributed by atoms with E-state index in [2.05, 4.69) is 0 Å². The fraction of sp³-hybridized carbons (Fsp3) is 0.353. The lowest BCUT2D eigenvalue weighted by molar-refractivity contribution is -0.384. The fourth-order valence-corrected chi connectivity index (χ4v) is 5.19. The number of aliphatic hydroxyl groups excluding tert-OH is 1. The molecule has 26 heavy (non-hydrogen) atoms. The van der Waals surface area contributed by atoms with Gasteiger partial charge in [0.15, 0.2) is 0 Å². The summed E-state index contributed by atoms with van der Waals surface area (Å²) in [5, 5.41) is 21.1. The van der Waals surface area contributed by atoms with E-state index in [1.54, 1.807) is 13.0 Å². The van der Waals surface area contributed by atoms with Crippen LogP contribution >= 0.6 is 0 Å². The maximum Gasteiger partial charge on any atom is 0.269 e. The molecule has 0 amide bonds. The number of non-ortho nitro benzene ring substituents is 1. The summed E-state index contributed by atoms with van der Waals surface area (Å²) in [6, 6.07) is 3.97. The maximum atomic E-state index is 13.1. The molecule has 2 aliphatic rings. The number of carbonyl (C=O) groups is 1. The normalized spacial score (nSPS) is 27.8. The predicted octanol–water partition coefficient (Wildman–Crippen LogP) is 1.42. The Morgan fingerprint density at radius 2 is 1.96 bits per heavy atom. The maximum absolute atomic E-state index is 13.1. The summed E-state index contributed by atoms with van der Waals surface area (Å²) in [4.78, 5) is 21.3. The summed E-state index contributed by atoms with van der Waals surface area (Å²) in [6.45, 7) is 1.84. The smallest absolute Gasteiger partial charge is 0.269 e. The molecule has 1 aromatic carbocycles. The van der Waals surface area contributed by atoms with E-state index in [1.165, 1.54) is 22.5 Å². The molecule has 1 heterocycles. The van der Waals surface area contributed by atoms with Crippen molar-refractivity contribution in [1.82, 2.24) is 4.31 Å². The highest BCUT2D eigenvalue weighted by Gasteiger charge is 2.45. The van der Waals surface area contributed by atoms with Crippen LogP contribution in [0.2, 0.25) is 0 Å². The van der Waals surface area contributed by atoms with Crippen LogP contribution in [0.25, 0.3) is 0 Å². The fourth-order valence-electron chi connectivity index (χ4n) is 3.55. The number of aldehydes is 1. The zero-order valence-electron chi connectivity index (χ0n) is 14.0. The van der Waals surface area contributed by atoms with E-state index in [0.29, 0.717) is 18.3 Å². The standard InChI is InChI=1S/C17H18N2O6S/c1-2-11-9-18(16-8-15(11)12(10-20)7-17(16)21)26(24,25)14-5-3-13(4-6-14)19(22)23/h2-7,10,15-17,21H,8-9H2,1H3/b11-2-/t15-,16-,17-/m0/s1. The molecule has 1 fully saturated rings. The third-order valence-corrected chi connectivity index (χ3v) is 6.84. The van der Waals surface area contributed by atoms with Gasteiger partial charge in [0.1, 0.15) is 6.29 Å². The van der Waals surface area contributed by atoms with Crippen LogP contribution in [0.15, 0.2) is 52.5 Å². The summed E-state index contributed by atoms with van der Waals surface area (Å²) in [6.07, 6.45) is 3.13. The Morgan fingerprint density at radius 3 is 2.50 bits per heavy atom. The molecule has 0 unspecified atom stereocenters. The molecule has 0 spiro atoms. The van der Waals surface area contributed by atoms with E-state index < -0.39 is 27.1 Å². The van der Waals surface area contributed by atoms with Crippen molar-refractivity contribution < 1.29 is 23.2 Å². The Bertz CT molecular complexity index is 904. The summed E-state index contributed by atoms with van der Waals surface area (Å²) in [5.74, 6) is -0.200. The molecule has 8 nitrogen and oxygen atoms in total. The highest BCUT2D eigenvalue weighted by molar-refractivity contribution is 7.89. The van der Waals surface area contributed by atoms with Crippen LogP contribution < -0.4 is 0 Å². The van der Waals surface area contributed by atoms with Crippen LogP contribution in [-0.2, 0) is 14.8 Å². The lowest BCUT2D eigenvalue weighted by atomic mass is 9.76. The minimum absolute atomic E-state index is 0.0629. The predicted molar refractivity (Wildman–Crippen MR) is 92.8 cm³/mol. The molecular formula is C17H18N2O6S. The van der Waals surface area contributed by atoms with Gasteiger partial charge in [-0.2, -0.15) is 4.31 Å². The Kier molecular flexibility index (Phi) is 4.78. The molecular weight excluding hydrogens is 360 g/mol. The number of fused-ring (bicyclic) bond motifs is 2. The van der Waals surface area contributed by atoms with E-state index >= 15 is 0 Å². The first-order chi connectivity index (χ1) is 12.3. The van der Waals surface area contributed by atoms with Crippen molar-refractivity contribution in [3.63, 3.8) is 0 Å². The number of piperidine rings is 1. The Morgan fingerprint density at radius 1 is 1.31 bits per heavy atom. The number of carbonyl (C=O) groups excluding carboxylic acids is 1. The number of nitrogens with zero attached hydrogens (tertiary/aromatic N) is 2. The second-order valence-corrected chi connectivity index (χ2v) is 8.19. The molecule has 1 N–H and O–H groups in total. The van der Waals surface area contributed by atoms with Crippen molar-refractivity contribution in [1.29, 1.82) is 0 Å². The van der Waals surface area contributed by atoms with Gasteiger partial charge in [-0.25, -0.2) is 8.42 Å². The zero-order chi connectivity index (χ0) is 19.1. The van der Waals surface area contributed by atoms with Crippen molar-refractivity contribution in [2.75, 3.05) is 6.54 Å².